The molecule has 1 saturated heterocycles. The van der Waals surface area contributed by atoms with Crippen LogP contribution in [0.4, 0.5) is 0 Å². The zero-order valence-corrected chi connectivity index (χ0v) is 15.6. The first kappa shape index (κ1) is 20.9. The molecule has 0 aromatic rings. The third-order valence-corrected chi connectivity index (χ3v) is 4.50. The van der Waals surface area contributed by atoms with E-state index in [9.17, 15) is 9.59 Å². The molecule has 0 unspecified atom stereocenters. The topological polar surface area (TPSA) is 59.1 Å². The Morgan fingerprint density at radius 1 is 1.04 bits per heavy atom. The fourth-order valence-electron chi connectivity index (χ4n) is 2.81. The largest absolute Gasteiger partial charge is 0.466 e. The molecule has 6 heteroatoms. The van der Waals surface area contributed by atoms with E-state index in [0.29, 0.717) is 32.1 Å². The second-order valence-corrected chi connectivity index (χ2v) is 6.66. The predicted octanol–water partition coefficient (Wildman–Crippen LogP) is 2.07. The number of rotatable bonds is 11. The van der Waals surface area contributed by atoms with Crippen molar-refractivity contribution in [2.45, 2.75) is 57.9 Å². The molecule has 140 valence electrons. The second kappa shape index (κ2) is 12.3. The van der Waals surface area contributed by atoms with Gasteiger partial charge in [-0.25, -0.2) is 0 Å². The summed E-state index contributed by atoms with van der Waals surface area (Å²) in [4.78, 5) is 27.6. The van der Waals surface area contributed by atoms with Crippen LogP contribution in [-0.2, 0) is 19.1 Å². The van der Waals surface area contributed by atoms with Gasteiger partial charge in [0.2, 0.25) is 0 Å². The van der Waals surface area contributed by atoms with Crippen molar-refractivity contribution in [3.05, 3.63) is 0 Å². The van der Waals surface area contributed by atoms with Crippen molar-refractivity contribution >= 4 is 11.9 Å². The quantitative estimate of drug-likeness (QED) is 0.423. The number of nitrogens with zero attached hydrogens (tertiary/aromatic N) is 2. The summed E-state index contributed by atoms with van der Waals surface area (Å²) in [5.74, 6) is -0.288. The fraction of sp³-hybridized carbons (Fsp3) is 0.889. The number of likely N-dealkylation sites (tertiary alicyclic amines) is 1. The minimum absolute atomic E-state index is 0.141. The van der Waals surface area contributed by atoms with E-state index in [-0.39, 0.29) is 11.9 Å². The van der Waals surface area contributed by atoms with Gasteiger partial charge in [0.25, 0.3) is 0 Å². The van der Waals surface area contributed by atoms with Crippen LogP contribution in [0, 0.1) is 0 Å². The Labute approximate surface area is 146 Å². The predicted molar refractivity (Wildman–Crippen MR) is 93.8 cm³/mol. The molecule has 0 amide bonds. The zero-order chi connectivity index (χ0) is 17.8. The Morgan fingerprint density at radius 2 is 1.58 bits per heavy atom. The Hall–Kier alpha value is -1.14. The summed E-state index contributed by atoms with van der Waals surface area (Å²) in [6, 6.07) is 0.576. The van der Waals surface area contributed by atoms with Crippen molar-refractivity contribution < 1.29 is 19.1 Å². The van der Waals surface area contributed by atoms with E-state index in [2.05, 4.69) is 23.9 Å². The minimum atomic E-state index is -0.147. The first-order chi connectivity index (χ1) is 11.5. The number of hydrogen-bond donors (Lipinski definition) is 0. The lowest BCUT2D eigenvalue weighted by atomic mass is 10.0. The fourth-order valence-corrected chi connectivity index (χ4v) is 2.81. The van der Waals surface area contributed by atoms with Crippen molar-refractivity contribution in [2.75, 3.05) is 46.9 Å². The Bertz CT molecular complexity index is 368. The van der Waals surface area contributed by atoms with Gasteiger partial charge in [0, 0.05) is 19.0 Å². The lowest BCUT2D eigenvalue weighted by Crippen LogP contribution is -2.42. The maximum atomic E-state index is 11.8. The normalized spacial score (nSPS) is 16.3. The minimum Gasteiger partial charge on any atom is -0.466 e. The van der Waals surface area contributed by atoms with Crippen molar-refractivity contribution in [2.24, 2.45) is 0 Å². The van der Waals surface area contributed by atoms with E-state index in [0.717, 1.165) is 38.9 Å². The first-order valence-corrected chi connectivity index (χ1v) is 9.23. The van der Waals surface area contributed by atoms with E-state index < -0.39 is 0 Å². The standard InChI is InChI=1S/C18H34N2O4/c1-4-7-17(21)23-14-5-6-15-24-18(22)10-13-20(3)16-8-11-19(2)12-9-16/h16H,4-15H2,1-3H3. The molecule has 0 aromatic carbocycles. The van der Waals surface area contributed by atoms with Gasteiger partial charge in [-0.2, -0.15) is 0 Å². The number of ether oxygens (including phenoxy) is 2. The van der Waals surface area contributed by atoms with Crippen LogP contribution in [-0.4, -0.2) is 74.7 Å². The molecular formula is C18H34N2O4. The number of hydrogen-bond acceptors (Lipinski definition) is 6. The Morgan fingerprint density at radius 3 is 2.12 bits per heavy atom. The van der Waals surface area contributed by atoms with Crippen LogP contribution >= 0.6 is 0 Å². The van der Waals surface area contributed by atoms with Crippen molar-refractivity contribution in [3.8, 4) is 0 Å². The molecule has 0 atom stereocenters. The Kier molecular flexibility index (Phi) is 10.7. The van der Waals surface area contributed by atoms with E-state index in [1.807, 2.05) is 6.92 Å². The summed E-state index contributed by atoms with van der Waals surface area (Å²) in [5.41, 5.74) is 0. The maximum Gasteiger partial charge on any atom is 0.307 e. The molecule has 1 heterocycles. The van der Waals surface area contributed by atoms with Gasteiger partial charge >= 0.3 is 11.9 Å². The van der Waals surface area contributed by atoms with Gasteiger partial charge < -0.3 is 19.3 Å². The number of carbonyl (C=O) groups excluding carboxylic acids is 2. The first-order valence-electron chi connectivity index (χ1n) is 9.23. The van der Waals surface area contributed by atoms with Crippen LogP contribution in [0.5, 0.6) is 0 Å². The van der Waals surface area contributed by atoms with E-state index in [1.54, 1.807) is 0 Å². The molecule has 0 aromatic heterocycles. The van der Waals surface area contributed by atoms with Gasteiger partial charge in [-0.15, -0.1) is 0 Å². The van der Waals surface area contributed by atoms with Crippen molar-refractivity contribution in [1.82, 2.24) is 9.80 Å². The van der Waals surface area contributed by atoms with Crippen LogP contribution in [0.25, 0.3) is 0 Å². The highest BCUT2D eigenvalue weighted by Gasteiger charge is 2.20. The summed E-state index contributed by atoms with van der Waals surface area (Å²) in [7, 11) is 4.24. The van der Waals surface area contributed by atoms with Gasteiger partial charge in [-0.3, -0.25) is 9.59 Å². The third-order valence-electron chi connectivity index (χ3n) is 4.50. The molecule has 1 aliphatic heterocycles. The van der Waals surface area contributed by atoms with Crippen LogP contribution in [0.15, 0.2) is 0 Å². The smallest absolute Gasteiger partial charge is 0.307 e. The molecular weight excluding hydrogens is 308 g/mol. The summed E-state index contributed by atoms with van der Waals surface area (Å²) < 4.78 is 10.3. The highest BCUT2D eigenvalue weighted by molar-refractivity contribution is 5.69. The summed E-state index contributed by atoms with van der Waals surface area (Å²) in [6.07, 6.45) is 5.52. The van der Waals surface area contributed by atoms with Crippen LogP contribution in [0.2, 0.25) is 0 Å². The highest BCUT2D eigenvalue weighted by Crippen LogP contribution is 2.14. The van der Waals surface area contributed by atoms with Gasteiger partial charge in [-0.1, -0.05) is 6.92 Å². The molecule has 0 spiro atoms. The molecule has 0 aliphatic carbocycles. The molecule has 1 aliphatic rings. The number of carbonyl (C=O) groups is 2. The zero-order valence-electron chi connectivity index (χ0n) is 15.6. The van der Waals surface area contributed by atoms with Crippen molar-refractivity contribution in [1.29, 1.82) is 0 Å². The van der Waals surface area contributed by atoms with Gasteiger partial charge in [0.15, 0.2) is 0 Å². The molecule has 0 saturated carbocycles. The average Bonchev–Trinajstić information content (AvgIpc) is 2.56. The van der Waals surface area contributed by atoms with Gasteiger partial charge in [-0.05, 0) is 59.3 Å². The number of esters is 2. The summed E-state index contributed by atoms with van der Waals surface area (Å²) >= 11 is 0. The van der Waals surface area contributed by atoms with Crippen molar-refractivity contribution in [3.63, 3.8) is 0 Å². The molecule has 0 radical (unpaired) electrons. The maximum absolute atomic E-state index is 11.8. The van der Waals surface area contributed by atoms with Crippen LogP contribution < -0.4 is 0 Å². The van der Waals surface area contributed by atoms with Crippen LogP contribution in [0.3, 0.4) is 0 Å². The summed E-state index contributed by atoms with van der Waals surface area (Å²) in [5, 5.41) is 0. The molecule has 1 rings (SSSR count). The van der Waals surface area contributed by atoms with E-state index in [4.69, 9.17) is 9.47 Å². The lowest BCUT2D eigenvalue weighted by molar-refractivity contribution is -0.146. The van der Waals surface area contributed by atoms with Gasteiger partial charge in [0.05, 0.1) is 19.6 Å². The second-order valence-electron chi connectivity index (χ2n) is 6.66. The van der Waals surface area contributed by atoms with E-state index >= 15 is 0 Å². The highest BCUT2D eigenvalue weighted by atomic mass is 16.5. The number of piperidine rings is 1. The number of unbranched alkanes of at least 4 members (excludes halogenated alkanes) is 1. The molecule has 6 nitrogen and oxygen atoms in total. The SMILES string of the molecule is CCCC(=O)OCCCCOC(=O)CCN(C)C1CCN(C)CC1. The molecule has 1 fully saturated rings. The molecule has 0 N–H and O–H groups in total. The Balaban J connectivity index is 1.99. The molecule has 0 bridgehead atoms. The third kappa shape index (κ3) is 9.23. The monoisotopic (exact) mass is 342 g/mol. The summed E-state index contributed by atoms with van der Waals surface area (Å²) in [6.45, 7) is 5.77. The van der Waals surface area contributed by atoms with E-state index in [1.165, 1.54) is 12.8 Å². The lowest BCUT2D eigenvalue weighted by Gasteiger charge is -2.34. The van der Waals surface area contributed by atoms with Crippen LogP contribution in [0.1, 0.15) is 51.9 Å². The van der Waals surface area contributed by atoms with Gasteiger partial charge in [0.1, 0.15) is 0 Å². The average molecular weight is 342 g/mol. The molecule has 24 heavy (non-hydrogen) atoms.